The Morgan fingerprint density at radius 2 is 2.43 bits per heavy atom. The Labute approximate surface area is 82.0 Å². The summed E-state index contributed by atoms with van der Waals surface area (Å²) in [4.78, 5) is 15.6. The molecule has 0 unspecified atom stereocenters. The molecular formula is C10H11N3O. The van der Waals surface area contributed by atoms with Gasteiger partial charge in [-0.1, -0.05) is 6.07 Å². The lowest BCUT2D eigenvalue weighted by atomic mass is 10.0. The van der Waals surface area contributed by atoms with Gasteiger partial charge in [-0.3, -0.25) is 9.79 Å². The van der Waals surface area contributed by atoms with Crippen molar-refractivity contribution in [1.82, 2.24) is 5.32 Å². The monoisotopic (exact) mass is 189 g/mol. The molecule has 14 heavy (non-hydrogen) atoms. The second kappa shape index (κ2) is 3.49. The number of hydrogen-bond donors (Lipinski definition) is 2. The van der Waals surface area contributed by atoms with Gasteiger partial charge < -0.3 is 10.6 Å². The SMILES string of the molecule is CNC(=O)c1cccc2c1C=NCN2. The van der Waals surface area contributed by atoms with Gasteiger partial charge in [0.05, 0.1) is 5.56 Å². The summed E-state index contributed by atoms with van der Waals surface area (Å²) < 4.78 is 0. The van der Waals surface area contributed by atoms with E-state index in [1.807, 2.05) is 12.1 Å². The Kier molecular flexibility index (Phi) is 2.18. The number of fused-ring (bicyclic) bond motifs is 1. The molecule has 2 N–H and O–H groups in total. The van der Waals surface area contributed by atoms with Gasteiger partial charge in [-0.2, -0.15) is 0 Å². The molecule has 0 aromatic heterocycles. The molecule has 1 aromatic carbocycles. The van der Waals surface area contributed by atoms with E-state index in [4.69, 9.17) is 0 Å². The highest BCUT2D eigenvalue weighted by Gasteiger charge is 2.13. The molecule has 4 nitrogen and oxygen atoms in total. The lowest BCUT2D eigenvalue weighted by molar-refractivity contribution is 0.0963. The van der Waals surface area contributed by atoms with Gasteiger partial charge in [0.15, 0.2) is 0 Å². The fourth-order valence-corrected chi connectivity index (χ4v) is 1.46. The first-order chi connectivity index (χ1) is 6.83. The number of nitrogens with zero attached hydrogens (tertiary/aromatic N) is 1. The van der Waals surface area contributed by atoms with Crippen molar-refractivity contribution in [3.8, 4) is 0 Å². The smallest absolute Gasteiger partial charge is 0.251 e. The molecule has 0 spiro atoms. The van der Waals surface area contributed by atoms with Crippen molar-refractivity contribution in [2.45, 2.75) is 0 Å². The van der Waals surface area contributed by atoms with Gasteiger partial charge in [0.1, 0.15) is 6.67 Å². The fraction of sp³-hybridized carbons (Fsp3) is 0.200. The largest absolute Gasteiger partial charge is 0.366 e. The van der Waals surface area contributed by atoms with Crippen molar-refractivity contribution in [2.75, 3.05) is 19.0 Å². The zero-order valence-corrected chi connectivity index (χ0v) is 7.87. The second-order valence-corrected chi connectivity index (χ2v) is 2.99. The van der Waals surface area contributed by atoms with E-state index in [0.29, 0.717) is 12.2 Å². The highest BCUT2D eigenvalue weighted by molar-refractivity contribution is 6.05. The molecule has 0 saturated heterocycles. The zero-order chi connectivity index (χ0) is 9.97. The maximum atomic E-state index is 11.5. The third kappa shape index (κ3) is 1.35. The van der Waals surface area contributed by atoms with Crippen LogP contribution in [-0.2, 0) is 0 Å². The molecule has 1 aliphatic heterocycles. The minimum absolute atomic E-state index is 0.0861. The van der Waals surface area contributed by atoms with E-state index >= 15 is 0 Å². The highest BCUT2D eigenvalue weighted by atomic mass is 16.1. The maximum absolute atomic E-state index is 11.5. The lowest BCUT2D eigenvalue weighted by Gasteiger charge is -2.14. The van der Waals surface area contributed by atoms with Crippen molar-refractivity contribution in [3.63, 3.8) is 0 Å². The summed E-state index contributed by atoms with van der Waals surface area (Å²) in [6.07, 6.45) is 1.73. The first kappa shape index (κ1) is 8.74. The molecule has 1 aliphatic rings. The second-order valence-electron chi connectivity index (χ2n) is 2.99. The normalized spacial score (nSPS) is 12.9. The van der Waals surface area contributed by atoms with Crippen molar-refractivity contribution >= 4 is 17.8 Å². The number of anilines is 1. The molecule has 0 saturated carbocycles. The summed E-state index contributed by atoms with van der Waals surface area (Å²) in [6.45, 7) is 0.574. The molecule has 4 heteroatoms. The van der Waals surface area contributed by atoms with Crippen LogP contribution in [-0.4, -0.2) is 25.8 Å². The predicted molar refractivity (Wildman–Crippen MR) is 55.9 cm³/mol. The van der Waals surface area contributed by atoms with Crippen LogP contribution < -0.4 is 10.6 Å². The average molecular weight is 189 g/mol. The number of hydrogen-bond acceptors (Lipinski definition) is 3. The number of carbonyl (C=O) groups excluding carboxylic acids is 1. The quantitative estimate of drug-likeness (QED) is 0.688. The van der Waals surface area contributed by atoms with Crippen LogP contribution in [0.25, 0.3) is 0 Å². The highest BCUT2D eigenvalue weighted by Crippen LogP contribution is 2.20. The van der Waals surface area contributed by atoms with Crippen molar-refractivity contribution < 1.29 is 4.79 Å². The van der Waals surface area contributed by atoms with Crippen LogP contribution >= 0.6 is 0 Å². The standard InChI is InChI=1S/C10H11N3O/c1-11-10(14)7-3-2-4-9-8(7)5-12-6-13-9/h2-5,13H,6H2,1H3,(H,11,14). The number of rotatable bonds is 1. The van der Waals surface area contributed by atoms with E-state index in [1.165, 1.54) is 0 Å². The van der Waals surface area contributed by atoms with Crippen LogP contribution in [0.1, 0.15) is 15.9 Å². The van der Waals surface area contributed by atoms with Crippen LogP contribution in [0.5, 0.6) is 0 Å². The van der Waals surface area contributed by atoms with Crippen molar-refractivity contribution in [1.29, 1.82) is 0 Å². The van der Waals surface area contributed by atoms with Crippen LogP contribution in [0.15, 0.2) is 23.2 Å². The molecule has 0 aliphatic carbocycles. The van der Waals surface area contributed by atoms with Crippen LogP contribution in [0.4, 0.5) is 5.69 Å². The third-order valence-electron chi connectivity index (χ3n) is 2.16. The Morgan fingerprint density at radius 3 is 3.21 bits per heavy atom. The molecular weight excluding hydrogens is 178 g/mol. The van der Waals surface area contributed by atoms with Crippen LogP contribution in [0.2, 0.25) is 0 Å². The topological polar surface area (TPSA) is 53.5 Å². The van der Waals surface area contributed by atoms with Gasteiger partial charge in [0.2, 0.25) is 0 Å². The Morgan fingerprint density at radius 1 is 1.57 bits per heavy atom. The summed E-state index contributed by atoms with van der Waals surface area (Å²) in [5, 5.41) is 5.71. The lowest BCUT2D eigenvalue weighted by Crippen LogP contribution is -2.21. The van der Waals surface area contributed by atoms with E-state index in [1.54, 1.807) is 19.3 Å². The molecule has 2 rings (SSSR count). The Hall–Kier alpha value is -1.84. The summed E-state index contributed by atoms with van der Waals surface area (Å²) >= 11 is 0. The maximum Gasteiger partial charge on any atom is 0.251 e. The first-order valence-corrected chi connectivity index (χ1v) is 4.41. The van der Waals surface area contributed by atoms with E-state index in [2.05, 4.69) is 15.6 Å². The van der Waals surface area contributed by atoms with Gasteiger partial charge in [-0.05, 0) is 12.1 Å². The first-order valence-electron chi connectivity index (χ1n) is 4.41. The molecule has 1 aromatic rings. The number of nitrogens with one attached hydrogen (secondary N) is 2. The summed E-state index contributed by atoms with van der Waals surface area (Å²) in [6, 6.07) is 5.58. The molecule has 1 amide bonds. The average Bonchev–Trinajstić information content (AvgIpc) is 2.27. The minimum atomic E-state index is -0.0861. The summed E-state index contributed by atoms with van der Waals surface area (Å²) in [5.41, 5.74) is 2.47. The van der Waals surface area contributed by atoms with Gasteiger partial charge in [-0.25, -0.2) is 0 Å². The predicted octanol–water partition coefficient (Wildman–Crippen LogP) is 0.848. The molecule has 0 fully saturated rings. The molecule has 72 valence electrons. The van der Waals surface area contributed by atoms with Gasteiger partial charge >= 0.3 is 0 Å². The van der Waals surface area contributed by atoms with E-state index in [9.17, 15) is 4.79 Å². The Bertz CT molecular complexity index is 398. The van der Waals surface area contributed by atoms with Gasteiger partial charge in [0.25, 0.3) is 5.91 Å². The minimum Gasteiger partial charge on any atom is -0.366 e. The van der Waals surface area contributed by atoms with Gasteiger partial charge in [0, 0.05) is 24.5 Å². The zero-order valence-electron chi connectivity index (χ0n) is 7.87. The number of carbonyl (C=O) groups is 1. The molecule has 0 atom stereocenters. The molecule has 0 bridgehead atoms. The Balaban J connectivity index is 2.52. The van der Waals surface area contributed by atoms with Crippen LogP contribution in [0, 0.1) is 0 Å². The van der Waals surface area contributed by atoms with E-state index in [-0.39, 0.29) is 5.91 Å². The van der Waals surface area contributed by atoms with E-state index < -0.39 is 0 Å². The molecule has 1 heterocycles. The molecule has 0 radical (unpaired) electrons. The summed E-state index contributed by atoms with van der Waals surface area (Å²) in [7, 11) is 1.62. The van der Waals surface area contributed by atoms with E-state index in [0.717, 1.165) is 11.3 Å². The number of aliphatic imine (C=N–C) groups is 1. The van der Waals surface area contributed by atoms with Crippen molar-refractivity contribution in [2.24, 2.45) is 4.99 Å². The van der Waals surface area contributed by atoms with Gasteiger partial charge in [-0.15, -0.1) is 0 Å². The number of amides is 1. The number of benzene rings is 1. The third-order valence-corrected chi connectivity index (χ3v) is 2.16. The fourth-order valence-electron chi connectivity index (χ4n) is 1.46. The van der Waals surface area contributed by atoms with Crippen LogP contribution in [0.3, 0.4) is 0 Å². The summed E-state index contributed by atoms with van der Waals surface area (Å²) in [5.74, 6) is -0.0861. The van der Waals surface area contributed by atoms with Crippen molar-refractivity contribution in [3.05, 3.63) is 29.3 Å².